The molecule has 0 aromatic carbocycles. The van der Waals surface area contributed by atoms with E-state index in [4.69, 9.17) is 4.84 Å². The molecule has 1 unspecified atom stereocenters. The van der Waals surface area contributed by atoms with Crippen LogP contribution in [-0.4, -0.2) is 28.9 Å². The van der Waals surface area contributed by atoms with E-state index in [0.717, 1.165) is 24.6 Å². The number of aliphatic imine (C=N–C) groups is 1. The van der Waals surface area contributed by atoms with Crippen LogP contribution in [0.1, 0.15) is 11.8 Å². The average Bonchev–Trinajstić information content (AvgIpc) is 2.79. The third kappa shape index (κ3) is 1.06. The van der Waals surface area contributed by atoms with Crippen molar-refractivity contribution < 1.29 is 4.84 Å². The molecular formula is C9H10N4O. The minimum Gasteiger partial charge on any atom is -0.308 e. The Labute approximate surface area is 81.4 Å². The van der Waals surface area contributed by atoms with E-state index in [1.807, 2.05) is 18.3 Å². The van der Waals surface area contributed by atoms with E-state index >= 15 is 0 Å². The minimum atomic E-state index is -0.0788. The van der Waals surface area contributed by atoms with Crippen molar-refractivity contribution in [2.45, 2.75) is 6.23 Å². The van der Waals surface area contributed by atoms with Gasteiger partial charge in [-0.15, -0.1) is 0 Å². The van der Waals surface area contributed by atoms with Gasteiger partial charge in [0.15, 0.2) is 6.23 Å². The minimum absolute atomic E-state index is 0.0788. The Morgan fingerprint density at radius 2 is 2.57 bits per heavy atom. The van der Waals surface area contributed by atoms with E-state index in [9.17, 15) is 0 Å². The average molecular weight is 190 g/mol. The van der Waals surface area contributed by atoms with Gasteiger partial charge in [-0.3, -0.25) is 4.98 Å². The van der Waals surface area contributed by atoms with Gasteiger partial charge >= 0.3 is 0 Å². The number of hydroxylamine groups is 1. The Hall–Kier alpha value is -1.62. The molecule has 3 heterocycles. The molecule has 0 spiro atoms. The maximum absolute atomic E-state index is 5.41. The summed E-state index contributed by atoms with van der Waals surface area (Å²) >= 11 is 0. The van der Waals surface area contributed by atoms with Crippen molar-refractivity contribution in [2.24, 2.45) is 4.99 Å². The van der Waals surface area contributed by atoms with Gasteiger partial charge in [-0.05, 0) is 6.07 Å². The highest BCUT2D eigenvalue weighted by Gasteiger charge is 2.34. The molecule has 0 aliphatic carbocycles. The second-order valence-corrected chi connectivity index (χ2v) is 3.26. The molecule has 3 rings (SSSR count). The van der Waals surface area contributed by atoms with E-state index in [1.165, 1.54) is 0 Å². The van der Waals surface area contributed by atoms with Crippen LogP contribution in [-0.2, 0) is 4.84 Å². The monoisotopic (exact) mass is 190 g/mol. The van der Waals surface area contributed by atoms with E-state index in [-0.39, 0.29) is 6.23 Å². The lowest BCUT2D eigenvalue weighted by atomic mass is 10.2. The number of nitrogens with zero attached hydrogens (tertiary/aromatic N) is 3. The van der Waals surface area contributed by atoms with Crippen LogP contribution in [0.3, 0.4) is 0 Å². The first-order chi connectivity index (χ1) is 6.95. The van der Waals surface area contributed by atoms with Crippen molar-refractivity contribution >= 4 is 5.96 Å². The van der Waals surface area contributed by atoms with Crippen molar-refractivity contribution in [3.8, 4) is 0 Å². The summed E-state index contributed by atoms with van der Waals surface area (Å²) in [4.78, 5) is 15.8. The van der Waals surface area contributed by atoms with Crippen molar-refractivity contribution in [3.63, 3.8) is 0 Å². The van der Waals surface area contributed by atoms with Crippen LogP contribution in [0, 0.1) is 0 Å². The fraction of sp³-hybridized carbons (Fsp3) is 0.333. The number of fused-ring (bicyclic) bond motifs is 1. The summed E-state index contributed by atoms with van der Waals surface area (Å²) in [5, 5.41) is 0. The Morgan fingerprint density at radius 1 is 1.57 bits per heavy atom. The fourth-order valence-electron chi connectivity index (χ4n) is 1.72. The third-order valence-corrected chi connectivity index (χ3v) is 2.39. The van der Waals surface area contributed by atoms with E-state index in [1.54, 1.807) is 6.20 Å². The zero-order valence-corrected chi connectivity index (χ0v) is 7.55. The molecule has 2 aliphatic heterocycles. The van der Waals surface area contributed by atoms with Crippen LogP contribution in [0.5, 0.6) is 0 Å². The Balaban J connectivity index is 1.91. The molecule has 0 radical (unpaired) electrons. The molecule has 1 saturated heterocycles. The van der Waals surface area contributed by atoms with Gasteiger partial charge in [-0.25, -0.2) is 15.3 Å². The van der Waals surface area contributed by atoms with E-state index < -0.39 is 0 Å². The second kappa shape index (κ2) is 2.95. The zero-order chi connectivity index (χ0) is 9.38. The Morgan fingerprint density at radius 3 is 3.43 bits per heavy atom. The van der Waals surface area contributed by atoms with Crippen molar-refractivity contribution in [2.75, 3.05) is 13.1 Å². The molecule has 14 heavy (non-hydrogen) atoms. The van der Waals surface area contributed by atoms with Gasteiger partial charge in [0.25, 0.3) is 0 Å². The first kappa shape index (κ1) is 7.75. The van der Waals surface area contributed by atoms with Crippen LogP contribution >= 0.6 is 0 Å². The summed E-state index contributed by atoms with van der Waals surface area (Å²) in [6.07, 6.45) is 3.49. The third-order valence-electron chi connectivity index (χ3n) is 2.39. The number of guanidine groups is 1. The van der Waals surface area contributed by atoms with Crippen LogP contribution in [0.4, 0.5) is 0 Å². The molecular weight excluding hydrogens is 180 g/mol. The molecule has 72 valence electrons. The van der Waals surface area contributed by atoms with E-state index in [0.29, 0.717) is 0 Å². The molecule has 0 amide bonds. The molecule has 1 N–H and O–H groups in total. The molecule has 1 atom stereocenters. The Kier molecular flexibility index (Phi) is 1.63. The van der Waals surface area contributed by atoms with Gasteiger partial charge in [0, 0.05) is 24.5 Å². The SMILES string of the molecule is c1cncc(C2ONC3=NCCN32)c1. The van der Waals surface area contributed by atoms with Gasteiger partial charge in [-0.1, -0.05) is 6.07 Å². The van der Waals surface area contributed by atoms with Crippen LogP contribution in [0.25, 0.3) is 0 Å². The van der Waals surface area contributed by atoms with Gasteiger partial charge in [0.1, 0.15) is 0 Å². The number of rotatable bonds is 1. The molecule has 0 saturated carbocycles. The summed E-state index contributed by atoms with van der Waals surface area (Å²) < 4.78 is 0. The molecule has 1 fully saturated rings. The highest BCUT2D eigenvalue weighted by molar-refractivity contribution is 5.82. The summed E-state index contributed by atoms with van der Waals surface area (Å²) in [6, 6.07) is 3.91. The molecule has 1 aromatic heterocycles. The first-order valence-corrected chi connectivity index (χ1v) is 4.58. The standard InChI is InChI=1S/C9H10N4O/c1-2-7(6-10-3-1)8-13-5-4-11-9(13)12-14-8/h1-3,6,8H,4-5H2,(H,11,12). The van der Waals surface area contributed by atoms with Crippen LogP contribution < -0.4 is 5.48 Å². The molecule has 1 aromatic rings. The summed E-state index contributed by atoms with van der Waals surface area (Å²) in [5.41, 5.74) is 3.86. The lowest BCUT2D eigenvalue weighted by Crippen LogP contribution is -2.27. The predicted octanol–water partition coefficient (Wildman–Crippen LogP) is 0.287. The normalized spacial score (nSPS) is 24.4. The summed E-state index contributed by atoms with van der Waals surface area (Å²) in [5.74, 6) is 0.832. The predicted molar refractivity (Wildman–Crippen MR) is 50.2 cm³/mol. The number of hydrogen-bond donors (Lipinski definition) is 1. The molecule has 5 nitrogen and oxygen atoms in total. The molecule has 5 heteroatoms. The number of aromatic nitrogens is 1. The van der Waals surface area contributed by atoms with E-state index in [2.05, 4.69) is 20.4 Å². The maximum Gasteiger partial charge on any atom is 0.221 e. The number of hydrogen-bond acceptors (Lipinski definition) is 5. The zero-order valence-electron chi connectivity index (χ0n) is 7.55. The number of nitrogens with one attached hydrogen (secondary N) is 1. The summed E-state index contributed by atoms with van der Waals surface area (Å²) in [7, 11) is 0. The lowest BCUT2D eigenvalue weighted by molar-refractivity contribution is -0.0106. The van der Waals surface area contributed by atoms with Crippen molar-refractivity contribution in [1.29, 1.82) is 0 Å². The van der Waals surface area contributed by atoms with Crippen molar-refractivity contribution in [3.05, 3.63) is 30.1 Å². The van der Waals surface area contributed by atoms with Gasteiger partial charge < -0.3 is 4.90 Å². The maximum atomic E-state index is 5.41. The summed E-state index contributed by atoms with van der Waals surface area (Å²) in [6.45, 7) is 1.74. The van der Waals surface area contributed by atoms with Gasteiger partial charge in [0.05, 0.1) is 6.54 Å². The van der Waals surface area contributed by atoms with Gasteiger partial charge in [-0.2, -0.15) is 0 Å². The largest absolute Gasteiger partial charge is 0.308 e. The van der Waals surface area contributed by atoms with Crippen molar-refractivity contribution in [1.82, 2.24) is 15.4 Å². The smallest absolute Gasteiger partial charge is 0.221 e. The van der Waals surface area contributed by atoms with Crippen LogP contribution in [0.15, 0.2) is 29.5 Å². The Bertz CT molecular complexity index is 364. The number of pyridine rings is 1. The lowest BCUT2D eigenvalue weighted by Gasteiger charge is -2.17. The highest BCUT2D eigenvalue weighted by atomic mass is 16.7. The first-order valence-electron chi connectivity index (χ1n) is 4.58. The quantitative estimate of drug-likeness (QED) is 0.691. The molecule has 0 bridgehead atoms. The second-order valence-electron chi connectivity index (χ2n) is 3.26. The fourth-order valence-corrected chi connectivity index (χ4v) is 1.72. The highest BCUT2D eigenvalue weighted by Crippen LogP contribution is 2.26. The topological polar surface area (TPSA) is 49.8 Å². The molecule has 2 aliphatic rings. The van der Waals surface area contributed by atoms with Gasteiger partial charge in [0.2, 0.25) is 5.96 Å². The van der Waals surface area contributed by atoms with Crippen LogP contribution in [0.2, 0.25) is 0 Å².